The summed E-state index contributed by atoms with van der Waals surface area (Å²) in [6.45, 7) is 19.6. The lowest BCUT2D eigenvalue weighted by Crippen LogP contribution is -2.54. The van der Waals surface area contributed by atoms with Crippen LogP contribution in [0.5, 0.6) is 0 Å². The van der Waals surface area contributed by atoms with E-state index < -0.39 is 11.1 Å². The van der Waals surface area contributed by atoms with Crippen molar-refractivity contribution >= 4 is 81.5 Å². The summed E-state index contributed by atoms with van der Waals surface area (Å²) in [5.74, 6) is -0.0213. The van der Waals surface area contributed by atoms with Gasteiger partial charge in [0.15, 0.2) is 11.6 Å². The van der Waals surface area contributed by atoms with Crippen LogP contribution >= 0.6 is 0 Å². The number of benzene rings is 5. The summed E-state index contributed by atoms with van der Waals surface area (Å²) in [7, 11) is 6.04. The van der Waals surface area contributed by atoms with Gasteiger partial charge in [-0.05, 0) is 145 Å². The van der Waals surface area contributed by atoms with Crippen LogP contribution in [0.2, 0.25) is 0 Å². The van der Waals surface area contributed by atoms with Gasteiger partial charge in [0.25, 0.3) is 11.8 Å². The van der Waals surface area contributed by atoms with Gasteiger partial charge in [-0.1, -0.05) is 61.7 Å². The number of fused-ring (bicyclic) bond motifs is 2. The summed E-state index contributed by atoms with van der Waals surface area (Å²) in [6, 6.07) is 37.5. The number of hydrogen-bond donors (Lipinski definition) is 9. The number of urea groups is 2. The molecule has 2 aromatic heterocycles. The highest BCUT2D eigenvalue weighted by Gasteiger charge is 2.46. The van der Waals surface area contributed by atoms with Crippen LogP contribution in [0.4, 0.5) is 55.3 Å². The number of hydrogen-bond acceptors (Lipinski definition) is 12. The van der Waals surface area contributed by atoms with E-state index >= 15 is 0 Å². The van der Waals surface area contributed by atoms with Gasteiger partial charge in [-0.2, -0.15) is 10.2 Å². The maximum absolute atomic E-state index is 13.7. The molecule has 7 aromatic rings. The van der Waals surface area contributed by atoms with Gasteiger partial charge in [0.1, 0.15) is 0 Å². The second-order valence-corrected chi connectivity index (χ2v) is 22.3. The Hall–Kier alpha value is -10.1. The van der Waals surface area contributed by atoms with E-state index in [-0.39, 0.29) is 41.7 Å². The van der Waals surface area contributed by atoms with Crippen LogP contribution in [-0.4, -0.2) is 134 Å². The van der Waals surface area contributed by atoms with Crippen molar-refractivity contribution in [3.63, 3.8) is 0 Å². The van der Waals surface area contributed by atoms with E-state index in [9.17, 15) is 28.8 Å². The second kappa shape index (κ2) is 25.6. The molecule has 0 spiro atoms. The molecule has 1 fully saturated rings. The topological polar surface area (TPSA) is 260 Å². The van der Waals surface area contributed by atoms with Crippen LogP contribution in [0.1, 0.15) is 82.5 Å². The third kappa shape index (κ3) is 13.9. The molecule has 440 valence electrons. The lowest BCUT2D eigenvalue weighted by molar-refractivity contribution is -0.112. The summed E-state index contributed by atoms with van der Waals surface area (Å²) in [6.07, 6.45) is 2.35. The number of nitrogens with one attached hydrogen (secondary N) is 9. The van der Waals surface area contributed by atoms with Crippen molar-refractivity contribution < 1.29 is 28.8 Å². The van der Waals surface area contributed by atoms with Crippen molar-refractivity contribution in [2.75, 3.05) is 85.8 Å². The van der Waals surface area contributed by atoms with E-state index in [2.05, 4.69) is 87.6 Å². The predicted octanol–water partition coefficient (Wildman–Crippen LogP) is 9.54. The van der Waals surface area contributed by atoms with Gasteiger partial charge in [0.05, 0.1) is 41.6 Å². The van der Waals surface area contributed by atoms with Crippen molar-refractivity contribution in [1.29, 1.82) is 0 Å². The Bertz CT molecular complexity index is 3620. The van der Waals surface area contributed by atoms with Crippen LogP contribution in [0.25, 0.3) is 0 Å². The number of piperazine rings is 1. The molecule has 1 saturated heterocycles. The first kappa shape index (κ1) is 59.6. The van der Waals surface area contributed by atoms with Crippen molar-refractivity contribution in [2.24, 2.45) is 0 Å². The molecule has 3 aliphatic heterocycles. The highest BCUT2D eigenvalue weighted by Crippen LogP contribution is 2.43. The van der Waals surface area contributed by atoms with Crippen LogP contribution in [0, 0.1) is 0 Å². The highest BCUT2D eigenvalue weighted by atomic mass is 16.2. The minimum Gasteiger partial charge on any atom is -0.338 e. The molecular formula is C63H72N16O6. The minimum absolute atomic E-state index is 0.0366. The molecule has 3 aliphatic rings. The SMILES string of the molecule is C=CC(=O)Nc1ccc(C(=O)Nc2cccc(Nc3n[nH]c4c3CN(C(=O)N3CCN(C)CC3)C4(C)C)c2)cc1.C=CC(=O)Nc1cccc(C(=O)Nc2cccc(Nc3n[nH]c4c3CN(C(=O)NC(CN(C)C)c3ccccc3)C4(C)C)c2)c1. The number of H-pyrrole nitrogens is 2. The largest absolute Gasteiger partial charge is 0.338 e. The standard InChI is InChI=1S/C34H38N8O3.C29H34N8O3/c1-6-29(43)35-24-15-10-14-23(18-24)32(44)37-26-17-11-16-25(19-26)36-31-27-20-42(34(2,3)30(27)39-40-31)33(45)38-28(21-41(4)5)22-12-8-7-9-13-22;1-5-24(38)30-20-11-9-19(10-12-20)27(39)32-22-8-6-7-21(17-22)31-26-23-18-37(29(2,3)25(23)33-34-26)28(40)36-15-13-35(4)14-16-36/h6-19,28H,1,20-21H2,2-5H3,(H,35,43)(H,37,44)(H,38,45)(H2,36,39,40);5-12,17H,1,13-16,18H2,2-4H3,(H,30,38)(H,32,39)(H2,31,33,34). The highest BCUT2D eigenvalue weighted by molar-refractivity contribution is 6.07. The third-order valence-corrected chi connectivity index (χ3v) is 15.2. The number of likely N-dealkylation sites (N-methyl/N-ethyl adjacent to an activating group) is 2. The Labute approximate surface area is 494 Å². The first-order valence-electron chi connectivity index (χ1n) is 27.8. The molecule has 0 bridgehead atoms. The smallest absolute Gasteiger partial charge is 0.321 e. The molecule has 0 saturated carbocycles. The number of amides is 8. The average Bonchev–Trinajstić information content (AvgIpc) is 1.76. The zero-order valence-electron chi connectivity index (χ0n) is 48.8. The van der Waals surface area contributed by atoms with Crippen molar-refractivity contribution in [1.82, 2.24) is 50.2 Å². The third-order valence-electron chi connectivity index (χ3n) is 15.2. The van der Waals surface area contributed by atoms with Gasteiger partial charge < -0.3 is 61.7 Å². The quantitative estimate of drug-likeness (QED) is 0.0410. The van der Waals surface area contributed by atoms with E-state index in [0.717, 1.165) is 46.9 Å². The average molecular weight is 1150 g/mol. The van der Waals surface area contributed by atoms with E-state index in [1.807, 2.05) is 117 Å². The molecular weight excluding hydrogens is 1080 g/mol. The van der Waals surface area contributed by atoms with Gasteiger partial charge in [0.2, 0.25) is 11.8 Å². The fourth-order valence-electron chi connectivity index (χ4n) is 10.4. The predicted molar refractivity (Wildman–Crippen MR) is 331 cm³/mol. The fraction of sp³-hybridized carbons (Fsp3) is 0.270. The van der Waals surface area contributed by atoms with Crippen molar-refractivity contribution in [2.45, 2.75) is 57.9 Å². The molecule has 22 nitrogen and oxygen atoms in total. The number of carbonyl (C=O) groups excluding carboxylic acids is 6. The summed E-state index contributed by atoms with van der Waals surface area (Å²) in [5, 5.41) is 36.4. The van der Waals surface area contributed by atoms with Crippen LogP contribution < -0.4 is 37.2 Å². The van der Waals surface area contributed by atoms with Crippen LogP contribution in [0.15, 0.2) is 153 Å². The Morgan fingerprint density at radius 2 is 1.06 bits per heavy atom. The van der Waals surface area contributed by atoms with E-state index in [1.54, 1.807) is 66.7 Å². The van der Waals surface area contributed by atoms with Crippen LogP contribution in [0.3, 0.4) is 0 Å². The molecule has 5 aromatic carbocycles. The molecule has 85 heavy (non-hydrogen) atoms. The van der Waals surface area contributed by atoms with Gasteiger partial charge >= 0.3 is 12.1 Å². The fourth-order valence-corrected chi connectivity index (χ4v) is 10.4. The van der Waals surface area contributed by atoms with Gasteiger partial charge in [-0.15, -0.1) is 0 Å². The van der Waals surface area contributed by atoms with Gasteiger partial charge in [-0.3, -0.25) is 29.4 Å². The molecule has 9 N–H and O–H groups in total. The molecule has 10 rings (SSSR count). The maximum atomic E-state index is 13.7. The zero-order valence-corrected chi connectivity index (χ0v) is 48.8. The van der Waals surface area contributed by atoms with Crippen molar-refractivity contribution in [3.8, 4) is 0 Å². The van der Waals surface area contributed by atoms with Gasteiger partial charge in [0, 0.05) is 89.1 Å². The molecule has 0 radical (unpaired) electrons. The minimum atomic E-state index is -0.624. The first-order chi connectivity index (χ1) is 40.7. The summed E-state index contributed by atoms with van der Waals surface area (Å²) in [5.41, 5.74) is 8.06. The second-order valence-electron chi connectivity index (χ2n) is 22.3. The molecule has 22 heteroatoms. The molecule has 0 aliphatic carbocycles. The number of anilines is 8. The zero-order chi connectivity index (χ0) is 60.6. The normalized spacial score (nSPS) is 15.0. The number of rotatable bonds is 16. The van der Waals surface area contributed by atoms with E-state index in [4.69, 9.17) is 0 Å². The Kier molecular flexibility index (Phi) is 17.9. The summed E-state index contributed by atoms with van der Waals surface area (Å²) >= 11 is 0. The van der Waals surface area contributed by atoms with Gasteiger partial charge in [-0.25, -0.2) is 9.59 Å². The number of aromatic nitrogens is 4. The Morgan fingerprint density at radius 3 is 1.60 bits per heavy atom. The van der Waals surface area contributed by atoms with E-state index in [1.165, 1.54) is 12.2 Å². The number of nitrogens with zero attached hydrogens (tertiary/aromatic N) is 7. The number of carbonyl (C=O) groups is 6. The molecule has 5 heterocycles. The molecule has 1 atom stereocenters. The Balaban J connectivity index is 0.000000205. The summed E-state index contributed by atoms with van der Waals surface area (Å²) in [4.78, 5) is 85.9. The molecule has 1 unspecified atom stereocenters. The van der Waals surface area contributed by atoms with E-state index in [0.29, 0.717) is 83.9 Å². The number of aromatic amines is 2. The monoisotopic (exact) mass is 1150 g/mol. The van der Waals surface area contributed by atoms with Crippen LogP contribution in [-0.2, 0) is 33.8 Å². The first-order valence-corrected chi connectivity index (χ1v) is 27.8. The Morgan fingerprint density at radius 1 is 0.576 bits per heavy atom. The summed E-state index contributed by atoms with van der Waals surface area (Å²) < 4.78 is 0. The lowest BCUT2D eigenvalue weighted by atomic mass is 10.0. The molecule has 8 amide bonds. The lowest BCUT2D eigenvalue weighted by Gasteiger charge is -2.39. The maximum Gasteiger partial charge on any atom is 0.321 e. The van der Waals surface area contributed by atoms with Crippen molar-refractivity contribution in [3.05, 3.63) is 192 Å².